The van der Waals surface area contributed by atoms with Crippen LogP contribution in [0.3, 0.4) is 0 Å². The molecular formula is C22H23F4N5O2. The lowest BCUT2D eigenvalue weighted by Crippen LogP contribution is -2.54. The molecule has 0 saturated carbocycles. The zero-order chi connectivity index (χ0) is 23.3. The van der Waals surface area contributed by atoms with E-state index in [0.717, 1.165) is 10.6 Å². The van der Waals surface area contributed by atoms with Gasteiger partial charge in [0.2, 0.25) is 0 Å². The first-order valence-corrected chi connectivity index (χ1v) is 10.6. The summed E-state index contributed by atoms with van der Waals surface area (Å²) in [6.07, 6.45) is -3.26. The van der Waals surface area contributed by atoms with Crippen molar-refractivity contribution in [2.45, 2.75) is 31.3 Å². The van der Waals surface area contributed by atoms with Gasteiger partial charge in [0.1, 0.15) is 41.7 Å². The van der Waals surface area contributed by atoms with Gasteiger partial charge in [-0.05, 0) is 19.1 Å². The molecule has 11 heteroatoms. The van der Waals surface area contributed by atoms with Gasteiger partial charge in [-0.2, -0.15) is 13.2 Å². The summed E-state index contributed by atoms with van der Waals surface area (Å²) in [7, 11) is 1.33. The molecule has 33 heavy (non-hydrogen) atoms. The van der Waals surface area contributed by atoms with Gasteiger partial charge in [-0.25, -0.2) is 14.4 Å². The third kappa shape index (κ3) is 3.99. The quantitative estimate of drug-likeness (QED) is 0.595. The minimum atomic E-state index is -4.53. The molecule has 2 aromatic heterocycles. The summed E-state index contributed by atoms with van der Waals surface area (Å²) in [5.41, 5.74) is 0.0716. The average molecular weight is 465 g/mol. The van der Waals surface area contributed by atoms with Gasteiger partial charge in [-0.1, -0.05) is 6.07 Å². The van der Waals surface area contributed by atoms with Crippen molar-refractivity contribution in [1.82, 2.24) is 19.4 Å². The van der Waals surface area contributed by atoms with Gasteiger partial charge in [-0.15, -0.1) is 0 Å². The van der Waals surface area contributed by atoms with Gasteiger partial charge in [0.15, 0.2) is 0 Å². The van der Waals surface area contributed by atoms with Crippen LogP contribution in [0.15, 0.2) is 30.6 Å². The lowest BCUT2D eigenvalue weighted by Gasteiger charge is -2.43. The van der Waals surface area contributed by atoms with E-state index in [4.69, 9.17) is 9.47 Å². The second-order valence-corrected chi connectivity index (χ2v) is 8.40. The molecule has 0 bridgehead atoms. The monoisotopic (exact) mass is 465 g/mol. The van der Waals surface area contributed by atoms with E-state index in [1.165, 1.54) is 25.5 Å². The van der Waals surface area contributed by atoms with Crippen molar-refractivity contribution in [3.05, 3.63) is 47.7 Å². The van der Waals surface area contributed by atoms with Gasteiger partial charge in [0.05, 0.1) is 30.2 Å². The Morgan fingerprint density at radius 2 is 2.00 bits per heavy atom. The predicted octanol–water partition coefficient (Wildman–Crippen LogP) is 3.76. The maximum absolute atomic E-state index is 13.9. The summed E-state index contributed by atoms with van der Waals surface area (Å²) in [5, 5.41) is 3.60. The molecule has 7 nitrogen and oxygen atoms in total. The molecule has 2 aliphatic rings. The SMILES string of the molecule is C[C@@H]1CN([C@H]2COc3cc(F)ccc3[C@@H]2Nc2ncnc3c2cc(C(F)(F)F)n3C)CCO1. The molecule has 1 fully saturated rings. The van der Waals surface area contributed by atoms with Gasteiger partial charge in [0.25, 0.3) is 0 Å². The Balaban J connectivity index is 1.57. The molecule has 0 unspecified atom stereocenters. The number of hydrogen-bond acceptors (Lipinski definition) is 6. The lowest BCUT2D eigenvalue weighted by atomic mass is 9.94. The fourth-order valence-electron chi connectivity index (χ4n) is 4.67. The molecule has 1 N–H and O–H groups in total. The molecule has 0 aliphatic carbocycles. The van der Waals surface area contributed by atoms with Crippen molar-refractivity contribution in [1.29, 1.82) is 0 Å². The Bertz CT molecular complexity index is 1180. The first kappa shape index (κ1) is 21.9. The molecule has 1 aromatic carbocycles. The number of aromatic nitrogens is 3. The fourth-order valence-corrected chi connectivity index (χ4v) is 4.67. The van der Waals surface area contributed by atoms with Crippen molar-refractivity contribution in [2.24, 2.45) is 7.05 Å². The molecular weight excluding hydrogens is 442 g/mol. The highest BCUT2D eigenvalue weighted by Crippen LogP contribution is 2.40. The van der Waals surface area contributed by atoms with Crippen molar-refractivity contribution in [3.8, 4) is 5.75 Å². The van der Waals surface area contributed by atoms with Crippen LogP contribution < -0.4 is 10.1 Å². The van der Waals surface area contributed by atoms with E-state index in [-0.39, 0.29) is 35.6 Å². The molecule has 2 aliphatic heterocycles. The zero-order valence-corrected chi connectivity index (χ0v) is 18.1. The van der Waals surface area contributed by atoms with Crippen LogP contribution in [0.5, 0.6) is 5.75 Å². The fraction of sp³-hybridized carbons (Fsp3) is 0.455. The van der Waals surface area contributed by atoms with Crippen molar-refractivity contribution < 1.29 is 27.0 Å². The number of anilines is 1. The molecule has 1 saturated heterocycles. The third-order valence-corrected chi connectivity index (χ3v) is 6.25. The third-order valence-electron chi connectivity index (χ3n) is 6.25. The summed E-state index contributed by atoms with van der Waals surface area (Å²) in [4.78, 5) is 10.5. The van der Waals surface area contributed by atoms with Gasteiger partial charge >= 0.3 is 6.18 Å². The zero-order valence-electron chi connectivity index (χ0n) is 18.1. The number of ether oxygens (including phenoxy) is 2. The number of nitrogens with one attached hydrogen (secondary N) is 1. The predicted molar refractivity (Wildman–Crippen MR) is 113 cm³/mol. The summed E-state index contributed by atoms with van der Waals surface area (Å²) in [5.74, 6) is 0.257. The molecule has 3 aromatic rings. The van der Waals surface area contributed by atoms with Crippen molar-refractivity contribution in [3.63, 3.8) is 0 Å². The minimum absolute atomic E-state index is 0.0308. The molecule has 0 radical (unpaired) electrons. The molecule has 176 valence electrons. The first-order valence-electron chi connectivity index (χ1n) is 10.6. The van der Waals surface area contributed by atoms with E-state index in [1.54, 1.807) is 6.07 Å². The van der Waals surface area contributed by atoms with E-state index in [2.05, 4.69) is 20.2 Å². The number of alkyl halides is 3. The van der Waals surface area contributed by atoms with E-state index in [0.29, 0.717) is 31.0 Å². The number of fused-ring (bicyclic) bond motifs is 2. The minimum Gasteiger partial charge on any atom is -0.491 e. The van der Waals surface area contributed by atoms with E-state index < -0.39 is 23.7 Å². The summed E-state index contributed by atoms with van der Waals surface area (Å²) >= 11 is 0. The number of hydrogen-bond donors (Lipinski definition) is 1. The Morgan fingerprint density at radius 1 is 1.18 bits per heavy atom. The Labute approximate surface area is 187 Å². The maximum atomic E-state index is 13.9. The highest BCUT2D eigenvalue weighted by molar-refractivity contribution is 5.88. The number of halogens is 4. The number of aryl methyl sites for hydroxylation is 1. The topological polar surface area (TPSA) is 64.4 Å². The molecule has 5 rings (SSSR count). The summed E-state index contributed by atoms with van der Waals surface area (Å²) < 4.78 is 66.9. The van der Waals surface area contributed by atoms with E-state index in [9.17, 15) is 17.6 Å². The number of rotatable bonds is 3. The highest BCUT2D eigenvalue weighted by atomic mass is 19.4. The van der Waals surface area contributed by atoms with Crippen LogP contribution in [0.2, 0.25) is 0 Å². The first-order chi connectivity index (χ1) is 15.7. The molecule has 0 spiro atoms. The van der Waals surface area contributed by atoms with Crippen LogP contribution in [0.1, 0.15) is 24.2 Å². The standard InChI is InChI=1S/C22H23F4N5O2/c1-12-9-31(5-6-32-12)16-10-33-17-7-13(23)3-4-14(17)19(16)29-20-15-8-18(22(24,25)26)30(2)21(15)28-11-27-20/h3-4,7-8,11-12,16,19H,5-6,9-10H2,1-2H3,(H,27,28,29)/t12-,16+,19+/m1/s1. The second-order valence-electron chi connectivity index (χ2n) is 8.40. The Kier molecular flexibility index (Phi) is 5.40. The molecule has 3 atom stereocenters. The van der Waals surface area contributed by atoms with E-state index >= 15 is 0 Å². The number of morpholine rings is 1. The summed E-state index contributed by atoms with van der Waals surface area (Å²) in [6.45, 7) is 4.18. The number of nitrogens with zero attached hydrogens (tertiary/aromatic N) is 4. The Morgan fingerprint density at radius 3 is 2.76 bits per heavy atom. The largest absolute Gasteiger partial charge is 0.491 e. The van der Waals surface area contributed by atoms with Crippen LogP contribution in [-0.4, -0.2) is 57.9 Å². The second kappa shape index (κ2) is 8.14. The van der Waals surface area contributed by atoms with E-state index in [1.807, 2.05) is 6.92 Å². The smallest absolute Gasteiger partial charge is 0.431 e. The normalized spacial score (nSPS) is 23.9. The van der Waals surface area contributed by atoms with Crippen LogP contribution in [-0.2, 0) is 18.0 Å². The van der Waals surface area contributed by atoms with Gasteiger partial charge < -0.3 is 19.4 Å². The van der Waals surface area contributed by atoms with Crippen molar-refractivity contribution >= 4 is 16.9 Å². The summed E-state index contributed by atoms with van der Waals surface area (Å²) in [6, 6.07) is 4.80. The van der Waals surface area contributed by atoms with Crippen LogP contribution in [0, 0.1) is 5.82 Å². The average Bonchev–Trinajstić information content (AvgIpc) is 3.12. The van der Waals surface area contributed by atoms with Crippen LogP contribution in [0.4, 0.5) is 23.4 Å². The van der Waals surface area contributed by atoms with Gasteiger partial charge in [-0.3, -0.25) is 4.90 Å². The highest BCUT2D eigenvalue weighted by Gasteiger charge is 2.39. The Hall–Kier alpha value is -2.92. The van der Waals surface area contributed by atoms with Crippen molar-refractivity contribution in [2.75, 3.05) is 31.6 Å². The van der Waals surface area contributed by atoms with Crippen LogP contribution >= 0.6 is 0 Å². The maximum Gasteiger partial charge on any atom is 0.431 e. The lowest BCUT2D eigenvalue weighted by molar-refractivity contribution is -0.142. The van der Waals surface area contributed by atoms with Gasteiger partial charge in [0, 0.05) is 31.8 Å². The van der Waals surface area contributed by atoms with Crippen LogP contribution in [0.25, 0.3) is 11.0 Å². The molecule has 0 amide bonds. The molecule has 4 heterocycles. The number of benzene rings is 1.